The van der Waals surface area contributed by atoms with Crippen molar-refractivity contribution in [3.8, 4) is 23.1 Å². The third-order valence-corrected chi connectivity index (χ3v) is 6.24. The van der Waals surface area contributed by atoms with E-state index in [1.807, 2.05) is 24.3 Å². The van der Waals surface area contributed by atoms with Gasteiger partial charge in [0.1, 0.15) is 30.6 Å². The summed E-state index contributed by atoms with van der Waals surface area (Å²) in [6.07, 6.45) is 5.90. The number of methoxy groups -OCH3 is 1. The van der Waals surface area contributed by atoms with Crippen LogP contribution in [-0.2, 0) is 6.42 Å². The highest BCUT2D eigenvalue weighted by atomic mass is 35.5. The second-order valence-electron chi connectivity index (χ2n) is 8.29. The Labute approximate surface area is 200 Å². The van der Waals surface area contributed by atoms with Crippen LogP contribution >= 0.6 is 12.4 Å². The molecular formula is C25H30ClN3O4. The summed E-state index contributed by atoms with van der Waals surface area (Å²) in [5.41, 5.74) is 2.78. The average Bonchev–Trinajstić information content (AvgIpc) is 2.86. The zero-order valence-electron chi connectivity index (χ0n) is 18.8. The van der Waals surface area contributed by atoms with Crippen molar-refractivity contribution in [1.82, 2.24) is 15.3 Å². The Bertz CT molecular complexity index is 1070. The number of nitrogens with one attached hydrogen (secondary N) is 1. The maximum Gasteiger partial charge on any atom is 0.213 e. The number of nitrogens with zero attached hydrogens (tertiary/aromatic N) is 2. The van der Waals surface area contributed by atoms with Crippen LogP contribution in [-0.4, -0.2) is 49.5 Å². The smallest absolute Gasteiger partial charge is 0.213 e. The fourth-order valence-electron chi connectivity index (χ4n) is 4.51. The van der Waals surface area contributed by atoms with Gasteiger partial charge in [0.25, 0.3) is 0 Å². The molecule has 0 bridgehead atoms. The van der Waals surface area contributed by atoms with Crippen molar-refractivity contribution >= 4 is 23.4 Å². The van der Waals surface area contributed by atoms with Gasteiger partial charge in [0.15, 0.2) is 11.5 Å². The minimum Gasteiger partial charge on any atom is -0.488 e. The Balaban J connectivity index is 0.00000259. The maximum atomic E-state index is 6.66. The molecule has 33 heavy (non-hydrogen) atoms. The molecule has 2 aromatic heterocycles. The fourth-order valence-corrected chi connectivity index (χ4v) is 4.51. The predicted molar refractivity (Wildman–Crippen MR) is 129 cm³/mol. The highest BCUT2D eigenvalue weighted by molar-refractivity contribution is 5.85. The first-order valence-corrected chi connectivity index (χ1v) is 11.4. The summed E-state index contributed by atoms with van der Waals surface area (Å²) in [5.74, 6) is 3.48. The van der Waals surface area contributed by atoms with Crippen LogP contribution < -0.4 is 24.3 Å². The lowest BCUT2D eigenvalue weighted by Crippen LogP contribution is -2.37. The molecule has 0 amide bonds. The third kappa shape index (κ3) is 5.42. The Morgan fingerprint density at radius 3 is 2.70 bits per heavy atom. The summed E-state index contributed by atoms with van der Waals surface area (Å²) in [4.78, 5) is 9.04. The number of hydrogen-bond donors (Lipinski definition) is 1. The predicted octanol–water partition coefficient (Wildman–Crippen LogP) is 4.21. The van der Waals surface area contributed by atoms with E-state index in [1.54, 1.807) is 13.3 Å². The lowest BCUT2D eigenvalue weighted by atomic mass is 9.88. The van der Waals surface area contributed by atoms with E-state index in [-0.39, 0.29) is 18.5 Å². The van der Waals surface area contributed by atoms with Gasteiger partial charge in [0, 0.05) is 18.3 Å². The molecule has 1 fully saturated rings. The van der Waals surface area contributed by atoms with E-state index in [4.69, 9.17) is 18.9 Å². The van der Waals surface area contributed by atoms with Crippen LogP contribution in [0.15, 0.2) is 42.6 Å². The van der Waals surface area contributed by atoms with Crippen molar-refractivity contribution in [2.24, 2.45) is 5.92 Å². The molecule has 176 valence electrons. The molecular weight excluding hydrogens is 442 g/mol. The molecule has 1 aromatic carbocycles. The Morgan fingerprint density at radius 1 is 1.06 bits per heavy atom. The highest BCUT2D eigenvalue weighted by Gasteiger charge is 2.26. The lowest BCUT2D eigenvalue weighted by Gasteiger charge is -2.31. The molecule has 0 saturated carbocycles. The number of benzene rings is 1. The van der Waals surface area contributed by atoms with Crippen LogP contribution in [0.5, 0.6) is 23.1 Å². The largest absolute Gasteiger partial charge is 0.488 e. The first kappa shape index (κ1) is 23.4. The molecule has 8 heteroatoms. The highest BCUT2D eigenvalue weighted by Crippen LogP contribution is 2.33. The summed E-state index contributed by atoms with van der Waals surface area (Å²) in [5, 5.41) is 3.46. The molecule has 5 rings (SSSR count). The van der Waals surface area contributed by atoms with E-state index in [0.29, 0.717) is 25.0 Å². The summed E-state index contributed by atoms with van der Waals surface area (Å²) in [6, 6.07) is 11.9. The second-order valence-corrected chi connectivity index (χ2v) is 8.29. The van der Waals surface area contributed by atoms with Gasteiger partial charge in [0.2, 0.25) is 5.88 Å². The summed E-state index contributed by atoms with van der Waals surface area (Å²) >= 11 is 0. The standard InChI is InChI=1S/C25H29N3O4.ClH/c1-29-24-7-4-19-25(28-24)22(10-13-27-19)32-20(18-8-11-26-12-9-18)5-2-17-3-6-21-23(16-17)31-15-14-30-21;/h3-4,6-7,10,13,16,18,20,26H,2,5,8-9,11-12,14-15H2,1H3;1H. The molecule has 2 aliphatic rings. The molecule has 1 atom stereocenters. The molecule has 2 aliphatic heterocycles. The van der Waals surface area contributed by atoms with Crippen LogP contribution in [0.3, 0.4) is 0 Å². The maximum absolute atomic E-state index is 6.66. The minimum absolute atomic E-state index is 0. The SMILES string of the molecule is COc1ccc2nccc(OC(CCc3ccc4c(c3)OCCO4)C3CCNCC3)c2n1.Cl. The third-order valence-electron chi connectivity index (χ3n) is 6.24. The number of piperidine rings is 1. The van der Waals surface area contributed by atoms with Gasteiger partial charge in [-0.3, -0.25) is 4.98 Å². The first-order chi connectivity index (χ1) is 15.8. The van der Waals surface area contributed by atoms with Gasteiger partial charge in [-0.2, -0.15) is 0 Å². The van der Waals surface area contributed by atoms with Gasteiger partial charge in [-0.05, 0) is 68.5 Å². The van der Waals surface area contributed by atoms with Crippen molar-refractivity contribution < 1.29 is 18.9 Å². The zero-order chi connectivity index (χ0) is 21.8. The Hall–Kier alpha value is -2.77. The minimum atomic E-state index is 0. The van der Waals surface area contributed by atoms with E-state index < -0.39 is 0 Å². The van der Waals surface area contributed by atoms with E-state index in [2.05, 4.69) is 27.4 Å². The molecule has 1 N–H and O–H groups in total. The summed E-state index contributed by atoms with van der Waals surface area (Å²) in [7, 11) is 1.62. The van der Waals surface area contributed by atoms with Crippen molar-refractivity contribution in [2.75, 3.05) is 33.4 Å². The van der Waals surface area contributed by atoms with Gasteiger partial charge in [-0.1, -0.05) is 6.07 Å². The average molecular weight is 472 g/mol. The fraction of sp³-hybridized carbons (Fsp3) is 0.440. The normalized spacial score (nSPS) is 16.6. The van der Waals surface area contributed by atoms with Crippen molar-refractivity contribution in [1.29, 1.82) is 0 Å². The van der Waals surface area contributed by atoms with Crippen molar-refractivity contribution in [3.63, 3.8) is 0 Å². The number of hydrogen-bond acceptors (Lipinski definition) is 7. The van der Waals surface area contributed by atoms with Crippen LogP contribution in [0, 0.1) is 5.92 Å². The second kappa shape index (κ2) is 10.9. The number of rotatable bonds is 7. The van der Waals surface area contributed by atoms with Gasteiger partial charge in [-0.25, -0.2) is 4.98 Å². The first-order valence-electron chi connectivity index (χ1n) is 11.4. The number of aryl methyl sites for hydroxylation is 1. The van der Waals surface area contributed by atoms with E-state index in [1.165, 1.54) is 5.56 Å². The van der Waals surface area contributed by atoms with Gasteiger partial charge in [-0.15, -0.1) is 12.4 Å². The molecule has 0 radical (unpaired) electrons. The summed E-state index contributed by atoms with van der Waals surface area (Å²) in [6.45, 7) is 3.26. The van der Waals surface area contributed by atoms with Crippen LogP contribution in [0.4, 0.5) is 0 Å². The van der Waals surface area contributed by atoms with Crippen LogP contribution in [0.2, 0.25) is 0 Å². The Kier molecular flexibility index (Phi) is 7.73. The summed E-state index contributed by atoms with van der Waals surface area (Å²) < 4.78 is 23.4. The number of aromatic nitrogens is 2. The van der Waals surface area contributed by atoms with Crippen molar-refractivity contribution in [2.45, 2.75) is 31.8 Å². The molecule has 7 nitrogen and oxygen atoms in total. The van der Waals surface area contributed by atoms with Crippen LogP contribution in [0.25, 0.3) is 11.0 Å². The van der Waals surface area contributed by atoms with Gasteiger partial charge in [0.05, 0.1) is 12.6 Å². The monoisotopic (exact) mass is 471 g/mol. The van der Waals surface area contributed by atoms with Gasteiger partial charge < -0.3 is 24.3 Å². The molecule has 3 aromatic rings. The zero-order valence-corrected chi connectivity index (χ0v) is 19.6. The molecule has 0 spiro atoms. The molecule has 1 unspecified atom stereocenters. The number of halogens is 1. The number of fused-ring (bicyclic) bond motifs is 2. The van der Waals surface area contributed by atoms with Crippen molar-refractivity contribution in [3.05, 3.63) is 48.2 Å². The number of ether oxygens (including phenoxy) is 4. The van der Waals surface area contributed by atoms with Crippen LogP contribution in [0.1, 0.15) is 24.8 Å². The lowest BCUT2D eigenvalue weighted by molar-refractivity contribution is 0.105. The number of pyridine rings is 2. The Morgan fingerprint density at radius 2 is 1.88 bits per heavy atom. The van der Waals surface area contributed by atoms with E-state index >= 15 is 0 Å². The quantitative estimate of drug-likeness (QED) is 0.553. The molecule has 4 heterocycles. The molecule has 1 saturated heterocycles. The van der Waals surface area contributed by atoms with Gasteiger partial charge >= 0.3 is 0 Å². The topological polar surface area (TPSA) is 74.7 Å². The van der Waals surface area contributed by atoms with E-state index in [0.717, 1.165) is 67.1 Å². The molecule has 0 aliphatic carbocycles. The van der Waals surface area contributed by atoms with E-state index in [9.17, 15) is 0 Å².